The third-order valence-electron chi connectivity index (χ3n) is 3.94. The number of rotatable bonds is 9. The fourth-order valence-electron chi connectivity index (χ4n) is 2.54. The summed E-state index contributed by atoms with van der Waals surface area (Å²) in [4.78, 5) is 4.39. The molecule has 0 spiro atoms. The van der Waals surface area contributed by atoms with Gasteiger partial charge in [-0.1, -0.05) is 37.0 Å². The van der Waals surface area contributed by atoms with Gasteiger partial charge in [-0.05, 0) is 36.6 Å². The zero-order chi connectivity index (χ0) is 16.7. The summed E-state index contributed by atoms with van der Waals surface area (Å²) in [5.41, 5.74) is 0.877. The number of aliphatic hydroxyl groups excluding tert-OH is 1. The molecule has 23 heavy (non-hydrogen) atoms. The maximum absolute atomic E-state index is 9.47. The molecule has 1 aromatic heterocycles. The van der Waals surface area contributed by atoms with Crippen molar-refractivity contribution in [3.05, 3.63) is 35.2 Å². The summed E-state index contributed by atoms with van der Waals surface area (Å²) in [5.74, 6) is 1.59. The number of halogens is 1. The van der Waals surface area contributed by atoms with Crippen molar-refractivity contribution in [2.24, 2.45) is 5.92 Å². The highest BCUT2D eigenvalue weighted by Gasteiger charge is 2.15. The van der Waals surface area contributed by atoms with Crippen molar-refractivity contribution in [1.29, 1.82) is 0 Å². The van der Waals surface area contributed by atoms with E-state index in [0.717, 1.165) is 18.4 Å². The van der Waals surface area contributed by atoms with Crippen molar-refractivity contribution in [3.63, 3.8) is 0 Å². The van der Waals surface area contributed by atoms with Crippen LogP contribution in [0.3, 0.4) is 0 Å². The van der Waals surface area contributed by atoms with Crippen molar-refractivity contribution in [2.45, 2.75) is 39.2 Å². The minimum atomic E-state index is 0.105. The highest BCUT2D eigenvalue weighted by Crippen LogP contribution is 2.18. The van der Waals surface area contributed by atoms with Crippen LogP contribution in [0, 0.1) is 5.92 Å². The van der Waals surface area contributed by atoms with Gasteiger partial charge in [0.2, 0.25) is 11.7 Å². The molecule has 0 saturated heterocycles. The maximum Gasteiger partial charge on any atom is 0.228 e. The van der Waals surface area contributed by atoms with Crippen molar-refractivity contribution in [3.8, 4) is 11.4 Å². The number of nitrogens with zero attached hydrogens (tertiary/aromatic N) is 2. The summed E-state index contributed by atoms with van der Waals surface area (Å²) in [6, 6.07) is 7.44. The van der Waals surface area contributed by atoms with Crippen LogP contribution < -0.4 is 5.32 Å². The smallest absolute Gasteiger partial charge is 0.228 e. The zero-order valence-electron chi connectivity index (χ0n) is 13.6. The molecule has 126 valence electrons. The molecule has 2 unspecified atom stereocenters. The minimum absolute atomic E-state index is 0.105. The first kappa shape index (κ1) is 17.9. The number of nitrogens with one attached hydrogen (secondary N) is 1. The van der Waals surface area contributed by atoms with Crippen molar-refractivity contribution >= 4 is 11.6 Å². The molecule has 0 amide bonds. The quantitative estimate of drug-likeness (QED) is 0.734. The molecule has 0 aliphatic rings. The molecule has 0 radical (unpaired) electrons. The van der Waals surface area contributed by atoms with Crippen LogP contribution in [0.2, 0.25) is 5.02 Å². The lowest BCUT2D eigenvalue weighted by Gasteiger charge is -2.22. The first-order chi connectivity index (χ1) is 11.1. The molecule has 2 N–H and O–H groups in total. The Bertz CT molecular complexity index is 586. The molecular formula is C17H24ClN3O2. The van der Waals surface area contributed by atoms with E-state index in [4.69, 9.17) is 16.1 Å². The number of hydrogen-bond acceptors (Lipinski definition) is 5. The van der Waals surface area contributed by atoms with Crippen LogP contribution in [0.25, 0.3) is 11.4 Å². The largest absolute Gasteiger partial charge is 0.395 e. The summed E-state index contributed by atoms with van der Waals surface area (Å²) < 4.78 is 5.28. The Labute approximate surface area is 142 Å². The second-order valence-corrected chi connectivity index (χ2v) is 6.21. The van der Waals surface area contributed by atoms with Crippen LogP contribution >= 0.6 is 11.6 Å². The molecule has 0 aliphatic heterocycles. The summed E-state index contributed by atoms with van der Waals surface area (Å²) in [7, 11) is 0. The van der Waals surface area contributed by atoms with Crippen LogP contribution in [0.4, 0.5) is 0 Å². The van der Waals surface area contributed by atoms with Gasteiger partial charge in [0.05, 0.1) is 6.61 Å². The standard InChI is InChI=1S/C17H24ClN3O2/c1-3-4-12(2)15(11-22)19-10-9-16-20-17(21-23-16)13-5-7-14(18)8-6-13/h5-8,12,15,19,22H,3-4,9-11H2,1-2H3. The van der Waals surface area contributed by atoms with Gasteiger partial charge in [0.25, 0.3) is 0 Å². The predicted molar refractivity (Wildman–Crippen MR) is 91.4 cm³/mol. The summed E-state index contributed by atoms with van der Waals surface area (Å²) in [5, 5.41) is 17.5. The Morgan fingerprint density at radius 3 is 2.70 bits per heavy atom. The molecule has 2 rings (SSSR count). The maximum atomic E-state index is 9.47. The Morgan fingerprint density at radius 2 is 2.04 bits per heavy atom. The van der Waals surface area contributed by atoms with Gasteiger partial charge in [0, 0.05) is 29.6 Å². The minimum Gasteiger partial charge on any atom is -0.395 e. The van der Waals surface area contributed by atoms with E-state index in [2.05, 4.69) is 29.3 Å². The number of aromatic nitrogens is 2. The first-order valence-electron chi connectivity index (χ1n) is 8.06. The van der Waals surface area contributed by atoms with E-state index >= 15 is 0 Å². The fraction of sp³-hybridized carbons (Fsp3) is 0.529. The molecule has 1 heterocycles. The monoisotopic (exact) mass is 337 g/mol. The van der Waals surface area contributed by atoms with Crippen LogP contribution in [0.5, 0.6) is 0 Å². The van der Waals surface area contributed by atoms with E-state index in [9.17, 15) is 5.11 Å². The number of benzene rings is 1. The number of hydrogen-bond donors (Lipinski definition) is 2. The van der Waals surface area contributed by atoms with Crippen LogP contribution in [-0.4, -0.2) is 34.4 Å². The van der Waals surface area contributed by atoms with E-state index in [1.807, 2.05) is 12.1 Å². The molecule has 5 nitrogen and oxygen atoms in total. The van der Waals surface area contributed by atoms with Crippen molar-refractivity contribution in [2.75, 3.05) is 13.2 Å². The lowest BCUT2D eigenvalue weighted by molar-refractivity contribution is 0.199. The molecule has 0 saturated carbocycles. The lowest BCUT2D eigenvalue weighted by atomic mass is 9.97. The topological polar surface area (TPSA) is 71.2 Å². The van der Waals surface area contributed by atoms with Crippen molar-refractivity contribution < 1.29 is 9.63 Å². The second-order valence-electron chi connectivity index (χ2n) is 5.78. The molecule has 1 aromatic carbocycles. The Hall–Kier alpha value is -1.43. The highest BCUT2D eigenvalue weighted by molar-refractivity contribution is 6.30. The first-order valence-corrected chi connectivity index (χ1v) is 8.44. The Morgan fingerprint density at radius 1 is 1.30 bits per heavy atom. The highest BCUT2D eigenvalue weighted by atomic mass is 35.5. The van der Waals surface area contributed by atoms with Crippen LogP contribution in [0.1, 0.15) is 32.6 Å². The van der Waals surface area contributed by atoms with Gasteiger partial charge in [-0.2, -0.15) is 4.98 Å². The van der Waals surface area contributed by atoms with Gasteiger partial charge in [-0.25, -0.2) is 0 Å². The summed E-state index contributed by atoms with van der Waals surface area (Å²) in [6.45, 7) is 5.15. The molecule has 0 aliphatic carbocycles. The van der Waals surface area contributed by atoms with Gasteiger partial charge in [0.1, 0.15) is 0 Å². The van der Waals surface area contributed by atoms with Crippen LogP contribution in [-0.2, 0) is 6.42 Å². The van der Waals surface area contributed by atoms with E-state index in [1.54, 1.807) is 12.1 Å². The molecule has 0 bridgehead atoms. The zero-order valence-corrected chi connectivity index (χ0v) is 14.4. The van der Waals surface area contributed by atoms with Gasteiger partial charge in [-0.3, -0.25) is 0 Å². The van der Waals surface area contributed by atoms with Crippen molar-refractivity contribution in [1.82, 2.24) is 15.5 Å². The van der Waals surface area contributed by atoms with Gasteiger partial charge < -0.3 is 14.9 Å². The van der Waals surface area contributed by atoms with E-state index < -0.39 is 0 Å². The molecular weight excluding hydrogens is 314 g/mol. The van der Waals surface area contributed by atoms with Gasteiger partial charge >= 0.3 is 0 Å². The van der Waals surface area contributed by atoms with E-state index in [0.29, 0.717) is 35.6 Å². The van der Waals surface area contributed by atoms with E-state index in [1.165, 1.54) is 0 Å². The van der Waals surface area contributed by atoms with Crippen LogP contribution in [0.15, 0.2) is 28.8 Å². The average Bonchev–Trinajstić information content (AvgIpc) is 3.01. The molecule has 2 atom stereocenters. The Kier molecular flexibility index (Phi) is 7.02. The molecule has 2 aromatic rings. The van der Waals surface area contributed by atoms with E-state index in [-0.39, 0.29) is 12.6 Å². The normalized spacial score (nSPS) is 13.9. The average molecular weight is 338 g/mol. The fourth-order valence-corrected chi connectivity index (χ4v) is 2.67. The number of aliphatic hydroxyl groups is 1. The Balaban J connectivity index is 1.86. The third kappa shape index (κ3) is 5.30. The third-order valence-corrected chi connectivity index (χ3v) is 4.20. The second kappa shape index (κ2) is 9.01. The SMILES string of the molecule is CCCC(C)C(CO)NCCc1nc(-c2ccc(Cl)cc2)no1. The molecule has 0 fully saturated rings. The predicted octanol–water partition coefficient (Wildman–Crippen LogP) is 3.32. The summed E-state index contributed by atoms with van der Waals surface area (Å²) >= 11 is 5.87. The lowest BCUT2D eigenvalue weighted by Crippen LogP contribution is -2.39. The van der Waals surface area contributed by atoms with Gasteiger partial charge in [-0.15, -0.1) is 0 Å². The van der Waals surface area contributed by atoms with Gasteiger partial charge in [0.15, 0.2) is 0 Å². The molecule has 6 heteroatoms. The summed E-state index contributed by atoms with van der Waals surface area (Å²) in [6.07, 6.45) is 2.85.